The molecule has 0 radical (unpaired) electrons. The Morgan fingerprint density at radius 2 is 1.47 bits per heavy atom. The average molecular weight is 266 g/mol. The van der Waals surface area contributed by atoms with Gasteiger partial charge in [-0.05, 0) is 31.0 Å². The third-order valence-electron chi connectivity index (χ3n) is 3.05. The van der Waals surface area contributed by atoms with Gasteiger partial charge in [-0.3, -0.25) is 0 Å². The third-order valence-corrected chi connectivity index (χ3v) is 3.05. The Kier molecular flexibility index (Phi) is 3.62. The van der Waals surface area contributed by atoms with E-state index in [0.29, 0.717) is 17.7 Å². The molecule has 0 aromatic heterocycles. The molecule has 19 heavy (non-hydrogen) atoms. The van der Waals surface area contributed by atoms with Crippen LogP contribution in [-0.2, 0) is 0 Å². The number of aliphatic hydroxyl groups excluding tert-OH is 1. The summed E-state index contributed by atoms with van der Waals surface area (Å²) in [4.78, 5) is 0. The molecule has 0 bridgehead atoms. The van der Waals surface area contributed by atoms with Crippen molar-refractivity contribution in [2.24, 2.45) is 0 Å². The lowest BCUT2D eigenvalue weighted by Gasteiger charge is -2.15. The fourth-order valence-corrected chi connectivity index (χ4v) is 2.05. The van der Waals surface area contributed by atoms with Crippen LogP contribution < -0.4 is 0 Å². The van der Waals surface area contributed by atoms with Gasteiger partial charge in [0.2, 0.25) is 0 Å². The van der Waals surface area contributed by atoms with Gasteiger partial charge in [0.25, 0.3) is 0 Å². The molecule has 1 nitrogen and oxygen atoms in total. The lowest BCUT2D eigenvalue weighted by Crippen LogP contribution is -2.06. The first-order chi connectivity index (χ1) is 8.90. The molecule has 1 unspecified atom stereocenters. The van der Waals surface area contributed by atoms with Crippen LogP contribution in [0.1, 0.15) is 28.4 Å². The molecule has 0 fully saturated rings. The fraction of sp³-hybridized carbons (Fsp3) is 0.200. The van der Waals surface area contributed by atoms with E-state index in [2.05, 4.69) is 0 Å². The largest absolute Gasteiger partial charge is 0.384 e. The molecule has 4 heteroatoms. The van der Waals surface area contributed by atoms with Crippen molar-refractivity contribution in [3.63, 3.8) is 0 Å². The van der Waals surface area contributed by atoms with Crippen molar-refractivity contribution in [2.45, 2.75) is 20.0 Å². The molecule has 0 spiro atoms. The van der Waals surface area contributed by atoms with Crippen molar-refractivity contribution < 1.29 is 18.3 Å². The van der Waals surface area contributed by atoms with Crippen LogP contribution >= 0.6 is 0 Å². The Hall–Kier alpha value is -1.81. The molecule has 100 valence electrons. The van der Waals surface area contributed by atoms with E-state index in [1.54, 1.807) is 19.1 Å². The summed E-state index contributed by atoms with van der Waals surface area (Å²) in [7, 11) is 0. The zero-order valence-corrected chi connectivity index (χ0v) is 10.5. The molecular weight excluding hydrogens is 253 g/mol. The Bertz CT molecular complexity index is 623. The highest BCUT2D eigenvalue weighted by atomic mass is 19.2. The van der Waals surface area contributed by atoms with Gasteiger partial charge in [-0.2, -0.15) is 0 Å². The summed E-state index contributed by atoms with van der Waals surface area (Å²) in [6.07, 6.45) is -1.32. The topological polar surface area (TPSA) is 20.2 Å². The van der Waals surface area contributed by atoms with Gasteiger partial charge in [0.15, 0.2) is 11.6 Å². The average Bonchev–Trinajstić information content (AvgIpc) is 2.33. The van der Waals surface area contributed by atoms with Crippen LogP contribution in [0, 0.1) is 31.3 Å². The van der Waals surface area contributed by atoms with Crippen LogP contribution in [0.15, 0.2) is 30.3 Å². The van der Waals surface area contributed by atoms with Crippen molar-refractivity contribution in [3.8, 4) is 0 Å². The minimum Gasteiger partial charge on any atom is -0.384 e. The van der Waals surface area contributed by atoms with E-state index >= 15 is 0 Å². The summed E-state index contributed by atoms with van der Waals surface area (Å²) in [5.41, 5.74) is 1.96. The summed E-state index contributed by atoms with van der Waals surface area (Å²) >= 11 is 0. The Morgan fingerprint density at radius 3 is 2.11 bits per heavy atom. The standard InChI is InChI=1S/C15H13F3O/c1-8-3-4-10(9(2)5-8)15(19)11-6-13(17)14(18)7-12(11)16/h3-7,15,19H,1-2H3. The van der Waals surface area contributed by atoms with E-state index in [1.807, 2.05) is 13.0 Å². The second-order valence-electron chi connectivity index (χ2n) is 4.55. The van der Waals surface area contributed by atoms with E-state index < -0.39 is 23.6 Å². The van der Waals surface area contributed by atoms with Gasteiger partial charge in [-0.25, -0.2) is 13.2 Å². The molecule has 1 atom stereocenters. The zero-order valence-electron chi connectivity index (χ0n) is 10.5. The zero-order chi connectivity index (χ0) is 14.2. The van der Waals surface area contributed by atoms with Crippen LogP contribution in [0.3, 0.4) is 0 Å². The number of aliphatic hydroxyl groups is 1. The molecule has 0 saturated carbocycles. The van der Waals surface area contributed by atoms with Crippen LogP contribution in [0.25, 0.3) is 0 Å². The molecule has 0 aliphatic carbocycles. The summed E-state index contributed by atoms with van der Waals surface area (Å²) in [5, 5.41) is 10.1. The van der Waals surface area contributed by atoms with Crippen LogP contribution in [0.5, 0.6) is 0 Å². The number of hydrogen-bond donors (Lipinski definition) is 1. The van der Waals surface area contributed by atoms with Gasteiger partial charge in [0.05, 0.1) is 0 Å². The van der Waals surface area contributed by atoms with Crippen molar-refractivity contribution in [3.05, 3.63) is 70.0 Å². The predicted molar refractivity (Wildman–Crippen MR) is 66.3 cm³/mol. The number of benzene rings is 2. The molecule has 2 rings (SSSR count). The molecule has 0 heterocycles. The van der Waals surface area contributed by atoms with E-state index in [-0.39, 0.29) is 5.56 Å². The Balaban J connectivity index is 2.49. The smallest absolute Gasteiger partial charge is 0.161 e. The monoisotopic (exact) mass is 266 g/mol. The summed E-state index contributed by atoms with van der Waals surface area (Å²) in [5.74, 6) is -3.42. The van der Waals surface area contributed by atoms with Crippen molar-refractivity contribution in [1.82, 2.24) is 0 Å². The third kappa shape index (κ3) is 2.63. The lowest BCUT2D eigenvalue weighted by molar-refractivity contribution is 0.213. The first-order valence-corrected chi connectivity index (χ1v) is 5.80. The number of rotatable bonds is 2. The molecule has 0 aliphatic rings. The second kappa shape index (κ2) is 5.05. The van der Waals surface area contributed by atoms with Crippen LogP contribution in [0.2, 0.25) is 0 Å². The summed E-state index contributed by atoms with van der Waals surface area (Å²) in [6.45, 7) is 3.66. The number of halogens is 3. The van der Waals surface area contributed by atoms with Crippen LogP contribution in [-0.4, -0.2) is 5.11 Å². The summed E-state index contributed by atoms with van der Waals surface area (Å²) in [6, 6.07) is 6.38. The van der Waals surface area contributed by atoms with Gasteiger partial charge in [-0.15, -0.1) is 0 Å². The summed E-state index contributed by atoms with van der Waals surface area (Å²) < 4.78 is 39.6. The van der Waals surface area contributed by atoms with Gasteiger partial charge < -0.3 is 5.11 Å². The quantitative estimate of drug-likeness (QED) is 0.820. The van der Waals surface area contributed by atoms with Gasteiger partial charge in [0.1, 0.15) is 11.9 Å². The molecule has 0 aliphatic heterocycles. The van der Waals surface area contributed by atoms with Gasteiger partial charge >= 0.3 is 0 Å². The highest BCUT2D eigenvalue weighted by Gasteiger charge is 2.19. The Labute approximate surface area is 109 Å². The Morgan fingerprint density at radius 1 is 0.842 bits per heavy atom. The molecular formula is C15H13F3O. The molecule has 2 aromatic rings. The van der Waals surface area contributed by atoms with Gasteiger partial charge in [0, 0.05) is 11.6 Å². The van der Waals surface area contributed by atoms with Crippen LogP contribution in [0.4, 0.5) is 13.2 Å². The minimum atomic E-state index is -1.32. The number of hydrogen-bond acceptors (Lipinski definition) is 1. The molecule has 0 amide bonds. The minimum absolute atomic E-state index is 0.272. The number of aryl methyl sites for hydroxylation is 2. The van der Waals surface area contributed by atoms with Gasteiger partial charge in [-0.1, -0.05) is 23.8 Å². The SMILES string of the molecule is Cc1ccc(C(O)c2cc(F)c(F)cc2F)c(C)c1. The maximum Gasteiger partial charge on any atom is 0.161 e. The van der Waals surface area contributed by atoms with E-state index in [4.69, 9.17) is 0 Å². The van der Waals surface area contributed by atoms with Crippen molar-refractivity contribution in [1.29, 1.82) is 0 Å². The first kappa shape index (κ1) is 13.6. The lowest BCUT2D eigenvalue weighted by atomic mass is 9.95. The maximum atomic E-state index is 13.6. The van der Waals surface area contributed by atoms with Crippen molar-refractivity contribution >= 4 is 0 Å². The highest BCUT2D eigenvalue weighted by Crippen LogP contribution is 2.28. The van der Waals surface area contributed by atoms with E-state index in [9.17, 15) is 18.3 Å². The molecule has 0 saturated heterocycles. The molecule has 2 aromatic carbocycles. The van der Waals surface area contributed by atoms with E-state index in [0.717, 1.165) is 11.1 Å². The molecule has 1 N–H and O–H groups in total. The fourth-order valence-electron chi connectivity index (χ4n) is 2.05. The predicted octanol–water partition coefficient (Wildman–Crippen LogP) is 3.80. The maximum absolute atomic E-state index is 13.6. The highest BCUT2D eigenvalue weighted by molar-refractivity contribution is 5.38. The first-order valence-electron chi connectivity index (χ1n) is 5.80. The second-order valence-corrected chi connectivity index (χ2v) is 4.55. The normalized spacial score (nSPS) is 12.5. The van der Waals surface area contributed by atoms with E-state index in [1.165, 1.54) is 0 Å². The van der Waals surface area contributed by atoms with Crippen molar-refractivity contribution in [2.75, 3.05) is 0 Å².